The van der Waals surface area contributed by atoms with Crippen LogP contribution in [-0.4, -0.2) is 6.04 Å². The van der Waals surface area contributed by atoms with E-state index in [2.05, 4.69) is 13.8 Å². The summed E-state index contributed by atoms with van der Waals surface area (Å²) in [5.74, 6) is 1.89. The summed E-state index contributed by atoms with van der Waals surface area (Å²) in [6.45, 7) is 5.03. The van der Waals surface area contributed by atoms with E-state index < -0.39 is 0 Å². The van der Waals surface area contributed by atoms with Gasteiger partial charge in [-0.05, 0) is 66.6 Å². The van der Waals surface area contributed by atoms with Crippen LogP contribution in [0.25, 0.3) is 0 Å². The minimum atomic E-state index is 0.553. The van der Waals surface area contributed by atoms with Crippen LogP contribution in [0.1, 0.15) is 52.4 Å². The first-order chi connectivity index (χ1) is 6.99. The van der Waals surface area contributed by atoms with Crippen LogP contribution >= 0.6 is 0 Å². The fourth-order valence-corrected chi connectivity index (χ4v) is 6.01. The lowest BCUT2D eigenvalue weighted by atomic mass is 9.66. The van der Waals surface area contributed by atoms with Crippen molar-refractivity contribution in [2.24, 2.45) is 33.8 Å². The predicted molar refractivity (Wildman–Crippen MR) is 61.3 cm³/mol. The number of hydrogen-bond donors (Lipinski definition) is 1. The van der Waals surface area contributed by atoms with Crippen LogP contribution in [0.2, 0.25) is 0 Å². The highest BCUT2D eigenvalue weighted by Crippen LogP contribution is 2.82. The monoisotopic (exact) mass is 205 g/mol. The van der Waals surface area contributed by atoms with E-state index in [0.717, 1.165) is 11.8 Å². The third-order valence-corrected chi connectivity index (χ3v) is 7.01. The third-order valence-electron chi connectivity index (χ3n) is 7.01. The van der Waals surface area contributed by atoms with Gasteiger partial charge in [0.25, 0.3) is 0 Å². The topological polar surface area (TPSA) is 26.0 Å². The molecule has 4 rings (SSSR count). The molecule has 0 radical (unpaired) electrons. The maximum atomic E-state index is 6.56. The van der Waals surface area contributed by atoms with Crippen molar-refractivity contribution >= 4 is 0 Å². The Labute approximate surface area is 92.8 Å². The van der Waals surface area contributed by atoms with Gasteiger partial charge in [0.05, 0.1) is 0 Å². The zero-order valence-electron chi connectivity index (χ0n) is 10.1. The normalized spacial score (nSPS) is 70.2. The Morgan fingerprint density at radius 2 is 1.67 bits per heavy atom. The van der Waals surface area contributed by atoms with Crippen molar-refractivity contribution in [2.75, 3.05) is 0 Å². The minimum absolute atomic E-state index is 0.553. The molecular weight excluding hydrogens is 182 g/mol. The standard InChI is InChI=1S/C14H23N/c1-12-6-13(12,2)8-14(7-12)10-4-3-9(5-10)11(14)15/h9-11H,3-8,15H2,1-2H3/t9-,10?,11-,12?,13?,14?/m1/s1. The Bertz CT molecular complexity index is 316. The van der Waals surface area contributed by atoms with Crippen molar-refractivity contribution in [2.45, 2.75) is 58.4 Å². The fraction of sp³-hybridized carbons (Fsp3) is 1.00. The van der Waals surface area contributed by atoms with Gasteiger partial charge in [0, 0.05) is 6.04 Å². The largest absolute Gasteiger partial charge is 0.327 e. The second-order valence-corrected chi connectivity index (χ2v) is 7.68. The van der Waals surface area contributed by atoms with Gasteiger partial charge in [-0.15, -0.1) is 0 Å². The van der Waals surface area contributed by atoms with Crippen molar-refractivity contribution in [1.29, 1.82) is 0 Å². The molecule has 2 N–H and O–H groups in total. The van der Waals surface area contributed by atoms with Gasteiger partial charge in [0.15, 0.2) is 0 Å². The molecule has 0 saturated heterocycles. The molecule has 0 aromatic rings. The summed E-state index contributed by atoms with van der Waals surface area (Å²) in [5, 5.41) is 0. The Hall–Kier alpha value is -0.0400. The van der Waals surface area contributed by atoms with E-state index >= 15 is 0 Å². The molecule has 3 unspecified atom stereocenters. The van der Waals surface area contributed by atoms with Gasteiger partial charge in [-0.1, -0.05) is 13.8 Å². The molecule has 1 nitrogen and oxygen atoms in total. The van der Waals surface area contributed by atoms with E-state index in [1.54, 1.807) is 0 Å². The average molecular weight is 205 g/mol. The van der Waals surface area contributed by atoms with Crippen molar-refractivity contribution < 1.29 is 0 Å². The van der Waals surface area contributed by atoms with Crippen molar-refractivity contribution in [1.82, 2.24) is 0 Å². The van der Waals surface area contributed by atoms with Crippen molar-refractivity contribution in [3.05, 3.63) is 0 Å². The molecule has 5 atom stereocenters. The summed E-state index contributed by atoms with van der Waals surface area (Å²) in [5.41, 5.74) is 8.50. The van der Waals surface area contributed by atoms with Crippen molar-refractivity contribution in [3.8, 4) is 0 Å². The molecule has 84 valence electrons. The van der Waals surface area contributed by atoms with E-state index in [9.17, 15) is 0 Å². The molecule has 2 bridgehead atoms. The molecule has 4 saturated carbocycles. The SMILES string of the molecule is CC12CC3(CC1(C)C2)C1CC[C@H](C1)[C@H]3N. The Balaban J connectivity index is 1.73. The summed E-state index contributed by atoms with van der Waals surface area (Å²) < 4.78 is 0. The first kappa shape index (κ1) is 9.04. The quantitative estimate of drug-likeness (QED) is 0.646. The van der Waals surface area contributed by atoms with Crippen LogP contribution in [0.5, 0.6) is 0 Å². The molecule has 4 aliphatic rings. The zero-order chi connectivity index (χ0) is 10.5. The molecule has 0 heterocycles. The smallest absolute Gasteiger partial charge is 0.0127 e. The summed E-state index contributed by atoms with van der Waals surface area (Å²) >= 11 is 0. The molecule has 0 aliphatic heterocycles. The molecule has 1 heteroatoms. The lowest BCUT2D eigenvalue weighted by Crippen LogP contribution is -2.46. The average Bonchev–Trinajstić information content (AvgIpc) is 2.61. The van der Waals surface area contributed by atoms with Gasteiger partial charge >= 0.3 is 0 Å². The Morgan fingerprint density at radius 3 is 2.20 bits per heavy atom. The highest BCUT2D eigenvalue weighted by Gasteiger charge is 2.75. The zero-order valence-corrected chi connectivity index (χ0v) is 10.1. The first-order valence-electron chi connectivity index (χ1n) is 6.75. The molecule has 0 aromatic heterocycles. The van der Waals surface area contributed by atoms with E-state index in [4.69, 9.17) is 5.73 Å². The van der Waals surface area contributed by atoms with E-state index in [1.165, 1.54) is 38.5 Å². The maximum Gasteiger partial charge on any atom is 0.0127 e. The Kier molecular flexibility index (Phi) is 1.30. The summed E-state index contributed by atoms with van der Waals surface area (Å²) in [6.07, 6.45) is 8.78. The number of nitrogens with two attached hydrogens (primary N) is 1. The summed E-state index contributed by atoms with van der Waals surface area (Å²) in [6, 6.07) is 0.553. The van der Waals surface area contributed by atoms with Crippen molar-refractivity contribution in [3.63, 3.8) is 0 Å². The molecule has 4 aliphatic carbocycles. The first-order valence-corrected chi connectivity index (χ1v) is 6.75. The second kappa shape index (κ2) is 2.16. The number of rotatable bonds is 0. The van der Waals surface area contributed by atoms with Crippen LogP contribution in [0.15, 0.2) is 0 Å². The van der Waals surface area contributed by atoms with Gasteiger partial charge in [0.1, 0.15) is 0 Å². The maximum absolute atomic E-state index is 6.56. The lowest BCUT2D eigenvalue weighted by Gasteiger charge is -2.41. The van der Waals surface area contributed by atoms with Crippen LogP contribution in [0.3, 0.4) is 0 Å². The van der Waals surface area contributed by atoms with Gasteiger partial charge in [-0.3, -0.25) is 0 Å². The van der Waals surface area contributed by atoms with Gasteiger partial charge < -0.3 is 5.73 Å². The van der Waals surface area contributed by atoms with Gasteiger partial charge in [0.2, 0.25) is 0 Å². The lowest BCUT2D eigenvalue weighted by molar-refractivity contribution is 0.107. The van der Waals surface area contributed by atoms with E-state index in [-0.39, 0.29) is 0 Å². The predicted octanol–water partition coefficient (Wildman–Crippen LogP) is 2.94. The molecule has 15 heavy (non-hydrogen) atoms. The summed E-state index contributed by atoms with van der Waals surface area (Å²) in [4.78, 5) is 0. The van der Waals surface area contributed by atoms with Crippen LogP contribution in [0.4, 0.5) is 0 Å². The summed E-state index contributed by atoms with van der Waals surface area (Å²) in [7, 11) is 0. The van der Waals surface area contributed by atoms with Gasteiger partial charge in [-0.2, -0.15) is 0 Å². The molecule has 0 amide bonds. The number of fused-ring (bicyclic) bond motifs is 4. The van der Waals surface area contributed by atoms with Crippen LogP contribution in [-0.2, 0) is 0 Å². The van der Waals surface area contributed by atoms with Crippen LogP contribution < -0.4 is 5.73 Å². The number of hydrogen-bond acceptors (Lipinski definition) is 1. The highest BCUT2D eigenvalue weighted by atomic mass is 14.9. The van der Waals surface area contributed by atoms with Crippen LogP contribution in [0, 0.1) is 28.1 Å². The second-order valence-electron chi connectivity index (χ2n) is 7.68. The molecular formula is C14H23N. The highest BCUT2D eigenvalue weighted by molar-refractivity contribution is 5.25. The minimum Gasteiger partial charge on any atom is -0.327 e. The van der Waals surface area contributed by atoms with E-state index in [1.807, 2.05) is 0 Å². The Morgan fingerprint density at radius 1 is 1.00 bits per heavy atom. The molecule has 1 spiro atoms. The molecule has 4 fully saturated rings. The molecule has 0 aromatic carbocycles. The van der Waals surface area contributed by atoms with Gasteiger partial charge in [-0.25, -0.2) is 0 Å². The third kappa shape index (κ3) is 0.800. The van der Waals surface area contributed by atoms with E-state index in [0.29, 0.717) is 22.3 Å². The fourth-order valence-electron chi connectivity index (χ4n) is 6.01.